The second-order valence-corrected chi connectivity index (χ2v) is 8.44. The third-order valence-electron chi connectivity index (χ3n) is 4.77. The summed E-state index contributed by atoms with van der Waals surface area (Å²) in [5.41, 5.74) is 0.213. The van der Waals surface area contributed by atoms with Gasteiger partial charge in [0, 0.05) is 0 Å². The van der Waals surface area contributed by atoms with E-state index in [1.165, 1.54) is 48.1 Å². The van der Waals surface area contributed by atoms with Gasteiger partial charge in [0.1, 0.15) is 17.4 Å². The second-order valence-electron chi connectivity index (χ2n) is 6.76. The van der Waals surface area contributed by atoms with Crippen LogP contribution in [0.5, 0.6) is 5.75 Å². The van der Waals surface area contributed by atoms with E-state index >= 15 is 0 Å². The molecule has 0 bridgehead atoms. The predicted octanol–water partition coefficient (Wildman–Crippen LogP) is 3.64. The van der Waals surface area contributed by atoms with Gasteiger partial charge in [0.2, 0.25) is 0 Å². The Morgan fingerprint density at radius 3 is 2.45 bits per heavy atom. The molecule has 0 saturated carbocycles. The summed E-state index contributed by atoms with van der Waals surface area (Å²) in [6.45, 7) is 1.65. The van der Waals surface area contributed by atoms with Crippen molar-refractivity contribution in [3.63, 3.8) is 0 Å². The lowest BCUT2D eigenvalue weighted by Gasteiger charge is -2.14. The number of halogens is 1. The maximum Gasteiger partial charge on any atom is 0.265 e. The summed E-state index contributed by atoms with van der Waals surface area (Å²) in [6.07, 6.45) is 0. The lowest BCUT2D eigenvalue weighted by Crippen LogP contribution is -2.22. The van der Waals surface area contributed by atoms with Gasteiger partial charge in [-0.15, -0.1) is 0 Å². The fourth-order valence-corrected chi connectivity index (χ4v) is 4.30. The molecule has 7 nitrogen and oxygen atoms in total. The van der Waals surface area contributed by atoms with Gasteiger partial charge in [-0.1, -0.05) is 12.1 Å². The number of aryl methyl sites for hydroxylation is 1. The minimum absolute atomic E-state index is 0.0566. The van der Waals surface area contributed by atoms with Crippen LogP contribution < -0.4 is 15.0 Å². The first kappa shape index (κ1) is 20.5. The van der Waals surface area contributed by atoms with Gasteiger partial charge in [0.15, 0.2) is 0 Å². The van der Waals surface area contributed by atoms with Crippen LogP contribution in [0.25, 0.3) is 16.6 Å². The van der Waals surface area contributed by atoms with Gasteiger partial charge < -0.3 is 4.74 Å². The number of ether oxygens (including phenoxy) is 1. The van der Waals surface area contributed by atoms with Crippen LogP contribution in [0.4, 0.5) is 10.1 Å². The largest absolute Gasteiger partial charge is 0.497 e. The molecule has 0 radical (unpaired) electrons. The first-order chi connectivity index (χ1) is 14.8. The Hall–Kier alpha value is -3.72. The third kappa shape index (κ3) is 3.87. The normalized spacial score (nSPS) is 11.5. The molecule has 1 aromatic heterocycles. The van der Waals surface area contributed by atoms with Crippen LogP contribution in [-0.2, 0) is 10.0 Å². The van der Waals surface area contributed by atoms with Gasteiger partial charge in [0.25, 0.3) is 15.6 Å². The van der Waals surface area contributed by atoms with E-state index in [-0.39, 0.29) is 21.8 Å². The van der Waals surface area contributed by atoms with Crippen LogP contribution in [0.15, 0.2) is 76.4 Å². The molecule has 4 rings (SSSR count). The quantitative estimate of drug-likeness (QED) is 0.513. The fraction of sp³-hybridized carbons (Fsp3) is 0.0909. The maximum atomic E-state index is 14.5. The van der Waals surface area contributed by atoms with Crippen LogP contribution in [0, 0.1) is 12.7 Å². The molecule has 0 amide bonds. The molecule has 0 saturated heterocycles. The summed E-state index contributed by atoms with van der Waals surface area (Å²) < 4.78 is 48.5. The van der Waals surface area contributed by atoms with E-state index in [4.69, 9.17) is 4.74 Å². The van der Waals surface area contributed by atoms with Crippen LogP contribution in [0.1, 0.15) is 5.82 Å². The van der Waals surface area contributed by atoms with Gasteiger partial charge in [-0.3, -0.25) is 14.1 Å². The van der Waals surface area contributed by atoms with Crippen LogP contribution in [0.2, 0.25) is 0 Å². The van der Waals surface area contributed by atoms with Gasteiger partial charge in [0.05, 0.1) is 34.3 Å². The number of fused-ring (bicyclic) bond motifs is 1. The molecule has 0 spiro atoms. The highest BCUT2D eigenvalue weighted by Crippen LogP contribution is 2.24. The molecule has 158 valence electrons. The summed E-state index contributed by atoms with van der Waals surface area (Å²) in [7, 11) is -2.60. The number of para-hydroxylation sites is 1. The molecular formula is C22H18FN3O4S. The highest BCUT2D eigenvalue weighted by Gasteiger charge is 2.18. The van der Waals surface area contributed by atoms with Gasteiger partial charge in [-0.2, -0.15) is 0 Å². The molecule has 1 N–H and O–H groups in total. The molecule has 0 unspecified atom stereocenters. The van der Waals surface area contributed by atoms with E-state index in [1.807, 2.05) is 0 Å². The number of hydrogen-bond acceptors (Lipinski definition) is 5. The molecule has 0 atom stereocenters. The number of anilines is 1. The summed E-state index contributed by atoms with van der Waals surface area (Å²) in [5.74, 6) is 0.102. The highest BCUT2D eigenvalue weighted by atomic mass is 32.2. The first-order valence-electron chi connectivity index (χ1n) is 9.25. The Kier molecular flexibility index (Phi) is 5.20. The van der Waals surface area contributed by atoms with E-state index in [1.54, 1.807) is 31.2 Å². The van der Waals surface area contributed by atoms with E-state index in [2.05, 4.69) is 9.71 Å². The average molecular weight is 439 g/mol. The number of methoxy groups -OCH3 is 1. The summed E-state index contributed by atoms with van der Waals surface area (Å²) in [4.78, 5) is 17.4. The standard InChI is InChI=1S/C22H18FN3O4S/c1-14-24-20-6-4-3-5-18(20)22(27)26(14)15-7-12-19(23)21(13-15)25-31(28,29)17-10-8-16(30-2)9-11-17/h3-13,25H,1-2H3. The summed E-state index contributed by atoms with van der Waals surface area (Å²) in [6, 6.07) is 16.3. The van der Waals surface area contributed by atoms with Crippen LogP contribution >= 0.6 is 0 Å². The molecule has 0 fully saturated rings. The third-order valence-corrected chi connectivity index (χ3v) is 6.15. The maximum absolute atomic E-state index is 14.5. The Labute approximate surface area is 177 Å². The van der Waals surface area contributed by atoms with E-state index < -0.39 is 15.8 Å². The van der Waals surface area contributed by atoms with Crippen molar-refractivity contribution in [2.75, 3.05) is 11.8 Å². The summed E-state index contributed by atoms with van der Waals surface area (Å²) >= 11 is 0. The molecule has 0 aliphatic carbocycles. The van der Waals surface area contributed by atoms with Crippen molar-refractivity contribution in [2.45, 2.75) is 11.8 Å². The molecular weight excluding hydrogens is 421 g/mol. The molecule has 1 heterocycles. The van der Waals surface area contributed by atoms with Crippen molar-refractivity contribution in [1.82, 2.24) is 9.55 Å². The van der Waals surface area contributed by atoms with Crippen molar-refractivity contribution in [3.05, 3.63) is 88.7 Å². The smallest absolute Gasteiger partial charge is 0.265 e. The van der Waals surface area contributed by atoms with Gasteiger partial charge in [-0.25, -0.2) is 17.8 Å². The van der Waals surface area contributed by atoms with E-state index in [0.717, 1.165) is 6.07 Å². The lowest BCUT2D eigenvalue weighted by atomic mass is 10.2. The topological polar surface area (TPSA) is 90.3 Å². The van der Waals surface area contributed by atoms with Crippen LogP contribution in [-0.4, -0.2) is 25.1 Å². The number of benzene rings is 3. The zero-order valence-corrected chi connectivity index (χ0v) is 17.5. The first-order valence-corrected chi connectivity index (χ1v) is 10.7. The van der Waals surface area contributed by atoms with Gasteiger partial charge >= 0.3 is 0 Å². The number of aromatic nitrogens is 2. The lowest BCUT2D eigenvalue weighted by molar-refractivity contribution is 0.414. The molecule has 31 heavy (non-hydrogen) atoms. The van der Waals surface area contributed by atoms with E-state index in [9.17, 15) is 17.6 Å². The molecule has 0 aliphatic rings. The zero-order valence-electron chi connectivity index (χ0n) is 16.7. The minimum Gasteiger partial charge on any atom is -0.497 e. The number of sulfonamides is 1. The van der Waals surface area contributed by atoms with Crippen molar-refractivity contribution < 1.29 is 17.5 Å². The number of nitrogens with zero attached hydrogens (tertiary/aromatic N) is 2. The minimum atomic E-state index is -4.06. The summed E-state index contributed by atoms with van der Waals surface area (Å²) in [5, 5.41) is 0.401. The monoisotopic (exact) mass is 439 g/mol. The Morgan fingerprint density at radius 1 is 1.03 bits per heavy atom. The van der Waals surface area contributed by atoms with E-state index in [0.29, 0.717) is 22.5 Å². The SMILES string of the molecule is COc1ccc(S(=O)(=O)Nc2cc(-n3c(C)nc4ccccc4c3=O)ccc2F)cc1. The Morgan fingerprint density at radius 2 is 1.74 bits per heavy atom. The second kappa shape index (κ2) is 7.84. The van der Waals surface area contributed by atoms with Crippen molar-refractivity contribution in [1.29, 1.82) is 0 Å². The Bertz CT molecular complexity index is 1450. The number of rotatable bonds is 5. The molecule has 3 aromatic carbocycles. The zero-order chi connectivity index (χ0) is 22.2. The fourth-order valence-electron chi connectivity index (χ4n) is 3.24. The molecule has 9 heteroatoms. The number of hydrogen-bond donors (Lipinski definition) is 1. The molecule has 4 aromatic rings. The van der Waals surface area contributed by atoms with Crippen LogP contribution in [0.3, 0.4) is 0 Å². The highest BCUT2D eigenvalue weighted by molar-refractivity contribution is 7.92. The average Bonchev–Trinajstić information content (AvgIpc) is 2.76. The van der Waals surface area contributed by atoms with Crippen molar-refractivity contribution in [2.24, 2.45) is 0 Å². The van der Waals surface area contributed by atoms with Crippen molar-refractivity contribution in [3.8, 4) is 11.4 Å². The predicted molar refractivity (Wildman–Crippen MR) is 116 cm³/mol. The number of nitrogens with one attached hydrogen (secondary N) is 1. The Balaban J connectivity index is 1.78. The van der Waals surface area contributed by atoms with Gasteiger partial charge in [-0.05, 0) is 61.5 Å². The molecule has 0 aliphatic heterocycles. The van der Waals surface area contributed by atoms with Crippen molar-refractivity contribution >= 4 is 26.6 Å².